The van der Waals surface area contributed by atoms with Gasteiger partial charge in [0, 0.05) is 5.56 Å². The Balaban J connectivity index is 0.00000196. The topological polar surface area (TPSA) is 23.8 Å². The second-order valence-corrected chi connectivity index (χ2v) is 2.53. The van der Waals surface area contributed by atoms with E-state index in [0.717, 1.165) is 0 Å². The molecule has 0 aliphatic carbocycles. The van der Waals surface area contributed by atoms with Gasteiger partial charge in [-0.05, 0) is 24.3 Å². The van der Waals surface area contributed by atoms with Crippen LogP contribution in [0.3, 0.4) is 0 Å². The number of nitriles is 1. The minimum Gasteiger partial charge on any atom is -0.438 e. The quantitative estimate of drug-likeness (QED) is 0.429. The van der Waals surface area contributed by atoms with Gasteiger partial charge in [0.15, 0.2) is 0 Å². The number of hydrogen-bond donors (Lipinski definition) is 0. The van der Waals surface area contributed by atoms with Gasteiger partial charge in [-0.3, -0.25) is 0 Å². The minimum atomic E-state index is -5.07. The average Bonchev–Trinajstić information content (AvgIpc) is 2.14. The molecule has 70 valence electrons. The summed E-state index contributed by atoms with van der Waals surface area (Å²) < 4.78 is 35.2. The summed E-state index contributed by atoms with van der Waals surface area (Å²) in [6.45, 7) is -5.07. The summed E-state index contributed by atoms with van der Waals surface area (Å²) in [4.78, 5) is 0. The summed E-state index contributed by atoms with van der Waals surface area (Å²) >= 11 is 0. The van der Waals surface area contributed by atoms with E-state index in [0.29, 0.717) is 5.56 Å². The van der Waals surface area contributed by atoms with Gasteiger partial charge < -0.3 is 12.9 Å². The predicted molar refractivity (Wildman–Crippen MR) is 47.1 cm³/mol. The van der Waals surface area contributed by atoms with Gasteiger partial charge in [0.25, 0.3) is 0 Å². The first kappa shape index (κ1) is 14.8. The predicted octanol–water partition coefficient (Wildman–Crippen LogP) is -0.700. The first-order chi connectivity index (χ1) is 6.51. The Bertz CT molecular complexity index is 422. The molecule has 1 aromatic carbocycles. The van der Waals surface area contributed by atoms with Gasteiger partial charge >= 0.3 is 58.4 Å². The van der Waals surface area contributed by atoms with E-state index < -0.39 is 6.98 Å². The molecule has 0 spiro atoms. The summed E-state index contributed by atoms with van der Waals surface area (Å²) in [5.74, 6) is 3.18. The fourth-order valence-corrected chi connectivity index (χ4v) is 0.793. The summed E-state index contributed by atoms with van der Waals surface area (Å²) in [6.07, 6.45) is 0. The number of nitrogens with zero attached hydrogens (tertiary/aromatic N) is 1. The molecule has 1 aromatic rings. The van der Waals surface area contributed by atoms with E-state index in [4.69, 9.17) is 5.26 Å². The molecule has 0 aromatic heterocycles. The van der Waals surface area contributed by atoms with Gasteiger partial charge in [-0.15, -0.1) is 5.92 Å². The van der Waals surface area contributed by atoms with Crippen molar-refractivity contribution in [2.45, 2.75) is 0 Å². The van der Waals surface area contributed by atoms with Crippen LogP contribution in [0.15, 0.2) is 24.3 Å². The van der Waals surface area contributed by atoms with E-state index in [9.17, 15) is 12.9 Å². The van der Waals surface area contributed by atoms with Gasteiger partial charge in [0.05, 0.1) is 11.6 Å². The Labute approximate surface area is 128 Å². The van der Waals surface area contributed by atoms with Crippen molar-refractivity contribution >= 4 is 6.98 Å². The molecule has 0 fully saturated rings. The Morgan fingerprint density at radius 3 is 1.87 bits per heavy atom. The van der Waals surface area contributed by atoms with E-state index in [1.54, 1.807) is 0 Å². The maximum absolute atomic E-state index is 11.7. The zero-order valence-corrected chi connectivity index (χ0v) is 11.1. The van der Waals surface area contributed by atoms with Crippen molar-refractivity contribution in [2.24, 2.45) is 0 Å². The van der Waals surface area contributed by atoms with Crippen molar-refractivity contribution < 1.29 is 64.3 Å². The molecule has 1 nitrogen and oxygen atoms in total. The van der Waals surface area contributed by atoms with E-state index in [1.165, 1.54) is 30.1 Å². The summed E-state index contributed by atoms with van der Waals surface area (Å²) in [6, 6.07) is 7.47. The maximum atomic E-state index is 11.7. The molecule has 0 amide bonds. The van der Waals surface area contributed by atoms with Crippen LogP contribution in [0.1, 0.15) is 11.1 Å². The summed E-state index contributed by atoms with van der Waals surface area (Å²) in [5.41, 5.74) is 0.649. The summed E-state index contributed by atoms with van der Waals surface area (Å²) in [7, 11) is 0. The number of rotatable bonds is 0. The SMILES string of the molecule is N#Cc1ccc(C#C[B-](F)(F)F)cc1.[K+]. The smallest absolute Gasteiger partial charge is 0.438 e. The Morgan fingerprint density at radius 1 is 1.00 bits per heavy atom. The molecule has 0 saturated heterocycles. The van der Waals surface area contributed by atoms with Crippen molar-refractivity contribution in [3.05, 3.63) is 35.4 Å². The number of halogens is 3. The molecular formula is C9H4BF3KN. The van der Waals surface area contributed by atoms with Crippen LogP contribution in [0, 0.1) is 23.1 Å². The normalized spacial score (nSPS) is 9.20. The van der Waals surface area contributed by atoms with Gasteiger partial charge in [0.1, 0.15) is 0 Å². The average molecular weight is 233 g/mol. The number of benzene rings is 1. The van der Waals surface area contributed by atoms with E-state index in [1.807, 2.05) is 12.0 Å². The molecule has 0 aliphatic rings. The largest absolute Gasteiger partial charge is 1.00 e. The molecule has 0 heterocycles. The van der Waals surface area contributed by atoms with Crippen molar-refractivity contribution in [3.63, 3.8) is 0 Å². The van der Waals surface area contributed by atoms with Crippen molar-refractivity contribution in [2.75, 3.05) is 0 Å². The number of hydrogen-bond acceptors (Lipinski definition) is 1. The van der Waals surface area contributed by atoms with Gasteiger partial charge in [-0.2, -0.15) is 11.1 Å². The maximum Gasteiger partial charge on any atom is 1.00 e. The molecule has 1 rings (SSSR count). The van der Waals surface area contributed by atoms with Crippen LogP contribution in [0.25, 0.3) is 0 Å². The Kier molecular flexibility index (Phi) is 6.27. The second kappa shape index (κ2) is 6.37. The van der Waals surface area contributed by atoms with E-state index >= 15 is 0 Å². The third kappa shape index (κ3) is 6.03. The molecule has 0 saturated carbocycles. The van der Waals surface area contributed by atoms with Crippen LogP contribution in [0.2, 0.25) is 0 Å². The van der Waals surface area contributed by atoms with Crippen LogP contribution in [0.4, 0.5) is 12.9 Å². The van der Waals surface area contributed by atoms with Gasteiger partial charge in [-0.1, -0.05) is 0 Å². The molecular weight excluding hydrogens is 229 g/mol. The fraction of sp³-hybridized carbons (Fsp3) is 0. The van der Waals surface area contributed by atoms with Crippen LogP contribution in [-0.2, 0) is 0 Å². The zero-order valence-electron chi connectivity index (χ0n) is 7.97. The molecule has 0 N–H and O–H groups in total. The van der Waals surface area contributed by atoms with Crippen LogP contribution < -0.4 is 51.4 Å². The van der Waals surface area contributed by atoms with Crippen molar-refractivity contribution in [3.8, 4) is 17.8 Å². The van der Waals surface area contributed by atoms with E-state index in [2.05, 4.69) is 0 Å². The molecule has 0 aliphatic heterocycles. The van der Waals surface area contributed by atoms with Gasteiger partial charge in [0.2, 0.25) is 0 Å². The fourth-order valence-electron chi connectivity index (χ4n) is 0.793. The third-order valence-electron chi connectivity index (χ3n) is 1.39. The van der Waals surface area contributed by atoms with Crippen molar-refractivity contribution in [1.82, 2.24) is 0 Å². The monoisotopic (exact) mass is 233 g/mol. The molecule has 0 radical (unpaired) electrons. The van der Waals surface area contributed by atoms with Crippen LogP contribution in [-0.4, -0.2) is 6.98 Å². The molecule has 0 atom stereocenters. The standard InChI is InChI=1S/C9H4BF3N.K/c11-10(12,13)6-5-8-1-3-9(7-14)4-2-8;/h1-4H;/q-1;+1. The van der Waals surface area contributed by atoms with Gasteiger partial charge in [-0.25, -0.2) is 0 Å². The van der Waals surface area contributed by atoms with E-state index in [-0.39, 0.29) is 56.9 Å². The zero-order chi connectivity index (χ0) is 10.6. The first-order valence-electron chi connectivity index (χ1n) is 3.74. The minimum absolute atomic E-state index is 0. The Morgan fingerprint density at radius 2 is 1.47 bits per heavy atom. The van der Waals surface area contributed by atoms with Crippen LogP contribution >= 0.6 is 0 Å². The molecule has 6 heteroatoms. The molecule has 0 unspecified atom stereocenters. The van der Waals surface area contributed by atoms with Crippen LogP contribution in [0.5, 0.6) is 0 Å². The van der Waals surface area contributed by atoms with Crippen molar-refractivity contribution in [1.29, 1.82) is 5.26 Å². The first-order valence-corrected chi connectivity index (χ1v) is 3.74. The second-order valence-electron chi connectivity index (χ2n) is 2.53. The summed E-state index contributed by atoms with van der Waals surface area (Å²) in [5, 5.41) is 8.42. The molecule has 15 heavy (non-hydrogen) atoms. The Hall–Kier alpha value is -0.239. The molecule has 0 bridgehead atoms. The third-order valence-corrected chi connectivity index (χ3v) is 1.39.